The highest BCUT2D eigenvalue weighted by molar-refractivity contribution is 6.03. The molecule has 1 aromatic carbocycles. The number of carbonyl (C=O) groups is 1. The normalized spacial score (nSPS) is 9.94. The Hall–Kier alpha value is -2.23. The second-order valence-electron chi connectivity index (χ2n) is 3.59. The Bertz CT molecular complexity index is 494. The molecule has 0 fully saturated rings. The van der Waals surface area contributed by atoms with Crippen molar-refractivity contribution in [3.05, 3.63) is 53.9 Å². The maximum atomic E-state index is 11.8. The van der Waals surface area contributed by atoms with Gasteiger partial charge in [-0.05, 0) is 24.1 Å². The Kier molecular flexibility index (Phi) is 3.45. The van der Waals surface area contributed by atoms with Crippen LogP contribution in [-0.4, -0.2) is 15.9 Å². The van der Waals surface area contributed by atoms with Gasteiger partial charge in [-0.2, -0.15) is 0 Å². The fourth-order valence-corrected chi connectivity index (χ4v) is 1.37. The molecule has 2 aromatic rings. The van der Waals surface area contributed by atoms with E-state index < -0.39 is 0 Å². The lowest BCUT2D eigenvalue weighted by Crippen LogP contribution is -2.13. The van der Waals surface area contributed by atoms with Gasteiger partial charge in [-0.1, -0.05) is 25.1 Å². The SMILES string of the molecule is CCc1cnc(NC(=O)c2ccccc2)nc1. The third kappa shape index (κ3) is 2.87. The summed E-state index contributed by atoms with van der Waals surface area (Å²) >= 11 is 0. The number of nitrogens with one attached hydrogen (secondary N) is 1. The summed E-state index contributed by atoms with van der Waals surface area (Å²) in [5, 5.41) is 2.65. The highest BCUT2D eigenvalue weighted by Gasteiger charge is 2.06. The van der Waals surface area contributed by atoms with E-state index in [1.54, 1.807) is 24.5 Å². The molecule has 0 unspecified atom stereocenters. The first-order chi connectivity index (χ1) is 8.29. The zero-order valence-corrected chi connectivity index (χ0v) is 9.55. The number of aryl methyl sites for hydroxylation is 1. The van der Waals surface area contributed by atoms with Crippen molar-refractivity contribution in [3.63, 3.8) is 0 Å². The highest BCUT2D eigenvalue weighted by atomic mass is 16.1. The van der Waals surface area contributed by atoms with Crippen LogP contribution in [0.25, 0.3) is 0 Å². The number of aromatic nitrogens is 2. The van der Waals surface area contributed by atoms with Gasteiger partial charge >= 0.3 is 0 Å². The maximum Gasteiger partial charge on any atom is 0.258 e. The quantitative estimate of drug-likeness (QED) is 0.875. The van der Waals surface area contributed by atoms with E-state index in [1.165, 1.54) is 0 Å². The van der Waals surface area contributed by atoms with E-state index in [0.29, 0.717) is 11.5 Å². The van der Waals surface area contributed by atoms with E-state index in [9.17, 15) is 4.79 Å². The molecule has 1 amide bonds. The van der Waals surface area contributed by atoms with Gasteiger partial charge in [-0.15, -0.1) is 0 Å². The van der Waals surface area contributed by atoms with Gasteiger partial charge in [0.15, 0.2) is 0 Å². The summed E-state index contributed by atoms with van der Waals surface area (Å²) in [7, 11) is 0. The van der Waals surface area contributed by atoms with Crippen molar-refractivity contribution in [1.29, 1.82) is 0 Å². The van der Waals surface area contributed by atoms with Gasteiger partial charge in [0.05, 0.1) is 0 Å². The average Bonchev–Trinajstić information content (AvgIpc) is 2.40. The van der Waals surface area contributed by atoms with E-state index in [2.05, 4.69) is 15.3 Å². The van der Waals surface area contributed by atoms with Crippen LogP contribution in [0.1, 0.15) is 22.8 Å². The molecule has 4 nitrogen and oxygen atoms in total. The van der Waals surface area contributed by atoms with E-state index in [0.717, 1.165) is 12.0 Å². The summed E-state index contributed by atoms with van der Waals surface area (Å²) in [6, 6.07) is 8.99. The minimum absolute atomic E-state index is 0.199. The summed E-state index contributed by atoms with van der Waals surface area (Å²) in [5.74, 6) is 0.130. The zero-order chi connectivity index (χ0) is 12.1. The Morgan fingerprint density at radius 1 is 1.18 bits per heavy atom. The van der Waals surface area contributed by atoms with Crippen molar-refractivity contribution < 1.29 is 4.79 Å². The lowest BCUT2D eigenvalue weighted by atomic mass is 10.2. The van der Waals surface area contributed by atoms with Crippen LogP contribution < -0.4 is 5.32 Å². The fraction of sp³-hybridized carbons (Fsp3) is 0.154. The van der Waals surface area contributed by atoms with Crippen molar-refractivity contribution in [2.45, 2.75) is 13.3 Å². The summed E-state index contributed by atoms with van der Waals surface area (Å²) in [6.07, 6.45) is 4.31. The van der Waals surface area contributed by atoms with Crippen LogP contribution in [0.4, 0.5) is 5.95 Å². The third-order valence-electron chi connectivity index (χ3n) is 2.37. The van der Waals surface area contributed by atoms with Gasteiger partial charge in [-0.3, -0.25) is 10.1 Å². The molecule has 1 heterocycles. The molecule has 0 aliphatic carbocycles. The first-order valence-corrected chi connectivity index (χ1v) is 5.47. The monoisotopic (exact) mass is 227 g/mol. The molecule has 0 aliphatic rings. The molecule has 0 saturated heterocycles. The minimum atomic E-state index is -0.199. The summed E-state index contributed by atoms with van der Waals surface area (Å²) < 4.78 is 0. The van der Waals surface area contributed by atoms with Crippen LogP contribution in [0.2, 0.25) is 0 Å². The molecule has 1 aromatic heterocycles. The van der Waals surface area contributed by atoms with Gasteiger partial charge in [-0.25, -0.2) is 9.97 Å². The minimum Gasteiger partial charge on any atom is -0.290 e. The summed E-state index contributed by atoms with van der Waals surface area (Å²) in [6.45, 7) is 2.03. The van der Waals surface area contributed by atoms with Gasteiger partial charge in [0.2, 0.25) is 5.95 Å². The summed E-state index contributed by atoms with van der Waals surface area (Å²) in [4.78, 5) is 19.9. The predicted octanol–water partition coefficient (Wildman–Crippen LogP) is 2.29. The molecule has 2 rings (SSSR count). The van der Waals surface area contributed by atoms with Crippen molar-refractivity contribution in [2.24, 2.45) is 0 Å². The Balaban J connectivity index is 2.08. The number of hydrogen-bond acceptors (Lipinski definition) is 3. The molecule has 1 N–H and O–H groups in total. The fourth-order valence-electron chi connectivity index (χ4n) is 1.37. The molecule has 0 aliphatic heterocycles. The first-order valence-electron chi connectivity index (χ1n) is 5.47. The van der Waals surface area contributed by atoms with Crippen molar-refractivity contribution in [1.82, 2.24) is 9.97 Å². The van der Waals surface area contributed by atoms with Gasteiger partial charge in [0, 0.05) is 18.0 Å². The zero-order valence-electron chi connectivity index (χ0n) is 9.55. The van der Waals surface area contributed by atoms with Gasteiger partial charge < -0.3 is 0 Å². The maximum absolute atomic E-state index is 11.8. The molecule has 0 bridgehead atoms. The second kappa shape index (κ2) is 5.21. The molecule has 86 valence electrons. The molecular formula is C13H13N3O. The molecular weight excluding hydrogens is 214 g/mol. The highest BCUT2D eigenvalue weighted by Crippen LogP contribution is 2.04. The Morgan fingerprint density at radius 2 is 1.82 bits per heavy atom. The number of anilines is 1. The lowest BCUT2D eigenvalue weighted by molar-refractivity contribution is 0.102. The van der Waals surface area contributed by atoms with Crippen LogP contribution >= 0.6 is 0 Å². The summed E-state index contributed by atoms with van der Waals surface area (Å²) in [5.41, 5.74) is 1.64. The van der Waals surface area contributed by atoms with Crippen LogP contribution in [0.15, 0.2) is 42.7 Å². The van der Waals surface area contributed by atoms with Gasteiger partial charge in [0.1, 0.15) is 0 Å². The number of nitrogens with zero attached hydrogens (tertiary/aromatic N) is 2. The van der Waals surface area contributed by atoms with E-state index >= 15 is 0 Å². The number of carbonyl (C=O) groups excluding carboxylic acids is 1. The Labute approximate surface area is 99.7 Å². The second-order valence-corrected chi connectivity index (χ2v) is 3.59. The lowest BCUT2D eigenvalue weighted by Gasteiger charge is -2.03. The van der Waals surface area contributed by atoms with Crippen LogP contribution in [0.3, 0.4) is 0 Å². The van der Waals surface area contributed by atoms with Crippen molar-refractivity contribution in [2.75, 3.05) is 5.32 Å². The van der Waals surface area contributed by atoms with Crippen LogP contribution in [-0.2, 0) is 6.42 Å². The van der Waals surface area contributed by atoms with Crippen molar-refractivity contribution >= 4 is 11.9 Å². The van der Waals surface area contributed by atoms with E-state index in [4.69, 9.17) is 0 Å². The van der Waals surface area contributed by atoms with Crippen molar-refractivity contribution in [3.8, 4) is 0 Å². The number of rotatable bonds is 3. The number of amides is 1. The Morgan fingerprint density at radius 3 is 2.41 bits per heavy atom. The predicted molar refractivity (Wildman–Crippen MR) is 65.8 cm³/mol. The van der Waals surface area contributed by atoms with Crippen LogP contribution in [0, 0.1) is 0 Å². The first kappa shape index (κ1) is 11.3. The average molecular weight is 227 g/mol. The molecule has 0 radical (unpaired) electrons. The standard InChI is InChI=1S/C13H13N3O/c1-2-10-8-14-13(15-9-10)16-12(17)11-6-4-3-5-7-11/h3-9H,2H2,1H3,(H,14,15,16,17). The third-order valence-corrected chi connectivity index (χ3v) is 2.37. The molecule has 0 saturated carbocycles. The largest absolute Gasteiger partial charge is 0.290 e. The topological polar surface area (TPSA) is 54.9 Å². The molecule has 4 heteroatoms. The molecule has 0 spiro atoms. The molecule has 17 heavy (non-hydrogen) atoms. The van der Waals surface area contributed by atoms with Gasteiger partial charge in [0.25, 0.3) is 5.91 Å². The molecule has 0 atom stereocenters. The number of benzene rings is 1. The van der Waals surface area contributed by atoms with E-state index in [1.807, 2.05) is 25.1 Å². The smallest absolute Gasteiger partial charge is 0.258 e. The van der Waals surface area contributed by atoms with Crippen LogP contribution in [0.5, 0.6) is 0 Å². The van der Waals surface area contributed by atoms with E-state index in [-0.39, 0.29) is 5.91 Å². The number of hydrogen-bond donors (Lipinski definition) is 1.